The van der Waals surface area contributed by atoms with Crippen LogP contribution in [0.4, 0.5) is 0 Å². The van der Waals surface area contributed by atoms with Gasteiger partial charge in [-0.1, -0.05) is 0 Å². The Labute approximate surface area is 91.9 Å². The van der Waals surface area contributed by atoms with Gasteiger partial charge in [0.2, 0.25) is 0 Å². The maximum Gasteiger partial charge on any atom is 0.306 e. The number of carboxylic acid groups (broad SMARTS) is 1. The van der Waals surface area contributed by atoms with Crippen molar-refractivity contribution in [2.75, 3.05) is 6.54 Å². The number of hydrogen-bond acceptors (Lipinski definition) is 4. The van der Waals surface area contributed by atoms with Crippen molar-refractivity contribution in [1.29, 1.82) is 0 Å². The van der Waals surface area contributed by atoms with E-state index in [9.17, 15) is 14.7 Å². The van der Waals surface area contributed by atoms with E-state index >= 15 is 0 Å². The Bertz CT molecular complexity index is 369. The number of nitrogens with one attached hydrogen (secondary N) is 1. The SMILES string of the molecule is CC(O)(CNC(=O)c1ccco1)CC(=O)O. The first-order valence-corrected chi connectivity index (χ1v) is 4.66. The molecule has 0 aliphatic heterocycles. The van der Waals surface area contributed by atoms with Crippen LogP contribution in [0, 0.1) is 0 Å². The molecule has 0 spiro atoms. The Morgan fingerprint density at radius 1 is 1.56 bits per heavy atom. The van der Waals surface area contributed by atoms with Gasteiger partial charge < -0.3 is 19.9 Å². The van der Waals surface area contributed by atoms with Crippen molar-refractivity contribution in [1.82, 2.24) is 5.32 Å². The minimum atomic E-state index is -1.48. The van der Waals surface area contributed by atoms with Gasteiger partial charge in [-0.05, 0) is 19.1 Å². The van der Waals surface area contributed by atoms with E-state index in [1.807, 2.05) is 0 Å². The maximum absolute atomic E-state index is 11.4. The van der Waals surface area contributed by atoms with Gasteiger partial charge in [-0.15, -0.1) is 0 Å². The molecule has 0 bridgehead atoms. The van der Waals surface area contributed by atoms with E-state index in [-0.39, 0.29) is 12.3 Å². The summed E-state index contributed by atoms with van der Waals surface area (Å²) in [6.45, 7) is 1.18. The molecular weight excluding hydrogens is 214 g/mol. The highest BCUT2D eigenvalue weighted by Crippen LogP contribution is 2.08. The fraction of sp³-hybridized carbons (Fsp3) is 0.400. The Hall–Kier alpha value is -1.82. The van der Waals surface area contributed by atoms with E-state index in [1.165, 1.54) is 19.3 Å². The lowest BCUT2D eigenvalue weighted by molar-refractivity contribution is -0.141. The molecule has 88 valence electrons. The highest BCUT2D eigenvalue weighted by Gasteiger charge is 2.25. The molecule has 1 atom stereocenters. The van der Waals surface area contributed by atoms with Crippen molar-refractivity contribution in [2.45, 2.75) is 18.9 Å². The third kappa shape index (κ3) is 3.74. The second-order valence-corrected chi connectivity index (χ2v) is 3.73. The van der Waals surface area contributed by atoms with Gasteiger partial charge in [0.05, 0.1) is 18.3 Å². The zero-order valence-electron chi connectivity index (χ0n) is 8.77. The van der Waals surface area contributed by atoms with Crippen LogP contribution >= 0.6 is 0 Å². The number of rotatable bonds is 5. The van der Waals surface area contributed by atoms with Crippen molar-refractivity contribution < 1.29 is 24.2 Å². The highest BCUT2D eigenvalue weighted by atomic mass is 16.4. The topological polar surface area (TPSA) is 99.8 Å². The molecular formula is C10H13NO5. The molecule has 0 aliphatic carbocycles. The number of carboxylic acids is 1. The molecule has 0 aromatic carbocycles. The van der Waals surface area contributed by atoms with Crippen LogP contribution in [-0.4, -0.2) is 34.2 Å². The average molecular weight is 227 g/mol. The lowest BCUT2D eigenvalue weighted by Gasteiger charge is -2.20. The van der Waals surface area contributed by atoms with Gasteiger partial charge >= 0.3 is 5.97 Å². The van der Waals surface area contributed by atoms with Crippen molar-refractivity contribution >= 4 is 11.9 Å². The van der Waals surface area contributed by atoms with Gasteiger partial charge in [0, 0.05) is 6.54 Å². The minimum Gasteiger partial charge on any atom is -0.481 e. The van der Waals surface area contributed by atoms with E-state index < -0.39 is 23.9 Å². The summed E-state index contributed by atoms with van der Waals surface area (Å²) in [5.74, 6) is -1.50. The molecule has 6 heteroatoms. The summed E-state index contributed by atoms with van der Waals surface area (Å²) >= 11 is 0. The molecule has 0 aliphatic rings. The van der Waals surface area contributed by atoms with Crippen molar-refractivity contribution in [3.8, 4) is 0 Å². The number of carbonyl (C=O) groups is 2. The summed E-state index contributed by atoms with van der Waals surface area (Å²) < 4.78 is 4.83. The molecule has 1 unspecified atom stereocenters. The third-order valence-electron chi connectivity index (χ3n) is 1.91. The van der Waals surface area contributed by atoms with E-state index in [0.717, 1.165) is 0 Å². The van der Waals surface area contributed by atoms with E-state index in [0.29, 0.717) is 0 Å². The zero-order valence-corrected chi connectivity index (χ0v) is 8.77. The molecule has 16 heavy (non-hydrogen) atoms. The average Bonchev–Trinajstić information content (AvgIpc) is 2.64. The lowest BCUT2D eigenvalue weighted by atomic mass is 10.0. The van der Waals surface area contributed by atoms with Crippen LogP contribution in [0.15, 0.2) is 22.8 Å². The molecule has 1 rings (SSSR count). The molecule has 1 aromatic heterocycles. The normalized spacial score (nSPS) is 14.1. The first kappa shape index (κ1) is 12.3. The molecule has 3 N–H and O–H groups in total. The molecule has 1 amide bonds. The predicted molar refractivity (Wildman–Crippen MR) is 53.9 cm³/mol. The van der Waals surface area contributed by atoms with Gasteiger partial charge in [0.25, 0.3) is 5.91 Å². The van der Waals surface area contributed by atoms with Crippen LogP contribution in [0.1, 0.15) is 23.9 Å². The van der Waals surface area contributed by atoms with Crippen LogP contribution in [0.3, 0.4) is 0 Å². The van der Waals surface area contributed by atoms with Crippen molar-refractivity contribution in [3.05, 3.63) is 24.2 Å². The van der Waals surface area contributed by atoms with E-state index in [4.69, 9.17) is 9.52 Å². The maximum atomic E-state index is 11.4. The summed E-state index contributed by atoms with van der Waals surface area (Å²) in [4.78, 5) is 21.8. The van der Waals surface area contributed by atoms with Crippen molar-refractivity contribution in [3.63, 3.8) is 0 Å². The number of hydrogen-bond donors (Lipinski definition) is 3. The largest absolute Gasteiger partial charge is 0.481 e. The predicted octanol–water partition coefficient (Wildman–Crippen LogP) is 0.235. The van der Waals surface area contributed by atoms with Crippen molar-refractivity contribution in [2.24, 2.45) is 0 Å². The summed E-state index contributed by atoms with van der Waals surface area (Å²) in [6.07, 6.45) is 0.912. The molecule has 1 aromatic rings. The highest BCUT2D eigenvalue weighted by molar-refractivity contribution is 5.91. The van der Waals surface area contributed by atoms with Gasteiger partial charge in [-0.2, -0.15) is 0 Å². The number of aliphatic carboxylic acids is 1. The summed E-state index contributed by atoms with van der Waals surface area (Å²) in [5, 5.41) is 20.5. The second-order valence-electron chi connectivity index (χ2n) is 3.73. The molecule has 0 radical (unpaired) electrons. The van der Waals surface area contributed by atoms with E-state index in [2.05, 4.69) is 5.32 Å². The fourth-order valence-corrected chi connectivity index (χ4v) is 1.15. The Morgan fingerprint density at radius 3 is 2.75 bits per heavy atom. The lowest BCUT2D eigenvalue weighted by Crippen LogP contribution is -2.42. The van der Waals surface area contributed by atoms with Crippen LogP contribution < -0.4 is 5.32 Å². The zero-order chi connectivity index (χ0) is 12.2. The number of aliphatic hydroxyl groups is 1. The quantitative estimate of drug-likeness (QED) is 0.668. The molecule has 0 saturated carbocycles. The summed E-state index contributed by atoms with van der Waals surface area (Å²) in [6, 6.07) is 3.03. The molecule has 1 heterocycles. The minimum absolute atomic E-state index is 0.117. The standard InChI is InChI=1S/C10H13NO5/c1-10(15,5-8(12)13)6-11-9(14)7-3-2-4-16-7/h2-4,15H,5-6H2,1H3,(H,11,14)(H,12,13). The van der Waals surface area contributed by atoms with Gasteiger partial charge in [0.15, 0.2) is 5.76 Å². The number of carbonyl (C=O) groups excluding carboxylic acids is 1. The number of amides is 1. The first-order valence-electron chi connectivity index (χ1n) is 4.66. The molecule has 0 saturated heterocycles. The van der Waals surface area contributed by atoms with Crippen LogP contribution in [0.5, 0.6) is 0 Å². The Balaban J connectivity index is 2.45. The number of furan rings is 1. The summed E-state index contributed by atoms with van der Waals surface area (Å²) in [5.41, 5.74) is -1.48. The van der Waals surface area contributed by atoms with Crippen LogP contribution in [0.2, 0.25) is 0 Å². The molecule has 0 fully saturated rings. The van der Waals surface area contributed by atoms with Gasteiger partial charge in [0.1, 0.15) is 0 Å². The van der Waals surface area contributed by atoms with Gasteiger partial charge in [-0.3, -0.25) is 9.59 Å². The van der Waals surface area contributed by atoms with E-state index in [1.54, 1.807) is 6.07 Å². The monoisotopic (exact) mass is 227 g/mol. The Morgan fingerprint density at radius 2 is 2.25 bits per heavy atom. The van der Waals surface area contributed by atoms with Crippen LogP contribution in [0.25, 0.3) is 0 Å². The third-order valence-corrected chi connectivity index (χ3v) is 1.91. The first-order chi connectivity index (χ1) is 7.41. The second kappa shape index (κ2) is 4.80. The Kier molecular flexibility index (Phi) is 3.68. The fourth-order valence-electron chi connectivity index (χ4n) is 1.15. The van der Waals surface area contributed by atoms with Gasteiger partial charge in [-0.25, -0.2) is 0 Å². The smallest absolute Gasteiger partial charge is 0.306 e. The summed E-state index contributed by atoms with van der Waals surface area (Å²) in [7, 11) is 0. The molecule has 6 nitrogen and oxygen atoms in total. The van der Waals surface area contributed by atoms with Crippen LogP contribution in [-0.2, 0) is 4.79 Å².